The molecule has 3 heterocycles. The van der Waals surface area contributed by atoms with Crippen LogP contribution < -0.4 is 5.32 Å². The number of aryl methyl sites for hydroxylation is 1. The molecule has 1 amide bonds. The first kappa shape index (κ1) is 23.8. The molecule has 2 saturated heterocycles. The number of pyridine rings is 1. The van der Waals surface area contributed by atoms with Crippen LogP contribution in [0.4, 0.5) is 0 Å². The number of hydrogen-bond acceptors (Lipinski definition) is 5. The molecule has 2 aliphatic heterocycles. The summed E-state index contributed by atoms with van der Waals surface area (Å²) >= 11 is 0. The molecule has 0 spiro atoms. The van der Waals surface area contributed by atoms with E-state index in [9.17, 15) is 4.79 Å². The summed E-state index contributed by atoms with van der Waals surface area (Å²) in [6.45, 7) is 9.68. The van der Waals surface area contributed by atoms with Gasteiger partial charge in [0.15, 0.2) is 5.96 Å². The molecule has 0 atom stereocenters. The molecule has 2 fully saturated rings. The molecule has 1 aromatic heterocycles. The van der Waals surface area contributed by atoms with Crippen LogP contribution in [-0.2, 0) is 16.0 Å². The van der Waals surface area contributed by atoms with Crippen molar-refractivity contribution in [3.63, 3.8) is 0 Å². The summed E-state index contributed by atoms with van der Waals surface area (Å²) in [6.07, 6.45) is 4.69. The van der Waals surface area contributed by atoms with E-state index in [-0.39, 0.29) is 29.9 Å². The van der Waals surface area contributed by atoms with Gasteiger partial charge in [-0.1, -0.05) is 0 Å². The van der Waals surface area contributed by atoms with Gasteiger partial charge in [-0.2, -0.15) is 0 Å². The molecule has 1 N–H and O–H groups in total. The van der Waals surface area contributed by atoms with Crippen molar-refractivity contribution in [1.82, 2.24) is 25.0 Å². The Morgan fingerprint density at radius 1 is 1.17 bits per heavy atom. The Hall–Kier alpha value is -1.46. The van der Waals surface area contributed by atoms with Crippen LogP contribution >= 0.6 is 24.0 Å². The fourth-order valence-electron chi connectivity index (χ4n) is 3.65. The van der Waals surface area contributed by atoms with Gasteiger partial charge in [-0.15, -0.1) is 24.0 Å². The number of halogens is 1. The first-order valence-electron chi connectivity index (χ1n) is 10.1. The summed E-state index contributed by atoms with van der Waals surface area (Å²) < 4.78 is 5.32. The van der Waals surface area contributed by atoms with Gasteiger partial charge in [-0.05, 0) is 30.5 Å². The van der Waals surface area contributed by atoms with Gasteiger partial charge in [0, 0.05) is 65.3 Å². The van der Waals surface area contributed by atoms with Crippen molar-refractivity contribution in [2.75, 3.05) is 72.6 Å². The third-order valence-electron chi connectivity index (χ3n) is 5.42. The predicted octanol–water partition coefficient (Wildman–Crippen LogP) is 0.602. The van der Waals surface area contributed by atoms with Crippen LogP contribution in [0.25, 0.3) is 0 Å². The standard InChI is InChI=1S/C20H32N6O2.HI/c1-17-15-22-5-3-18(17)4-6-23-20(21-2)26-9-7-24(8-10-26)16-19(27)25-11-13-28-14-12-25;/h3,5,15H,4,6-14,16H2,1-2H3,(H,21,23);1H. The Kier molecular flexibility index (Phi) is 10.1. The number of aromatic nitrogens is 1. The van der Waals surface area contributed by atoms with Gasteiger partial charge in [-0.3, -0.25) is 19.7 Å². The summed E-state index contributed by atoms with van der Waals surface area (Å²) in [5.41, 5.74) is 2.53. The molecule has 0 aromatic carbocycles. The summed E-state index contributed by atoms with van der Waals surface area (Å²) in [6, 6.07) is 2.07. The summed E-state index contributed by atoms with van der Waals surface area (Å²) in [5, 5.41) is 3.47. The molecule has 162 valence electrons. The number of amides is 1. The zero-order valence-electron chi connectivity index (χ0n) is 17.5. The van der Waals surface area contributed by atoms with Crippen LogP contribution in [0.2, 0.25) is 0 Å². The lowest BCUT2D eigenvalue weighted by Gasteiger charge is -2.37. The maximum absolute atomic E-state index is 12.4. The minimum absolute atomic E-state index is 0. The highest BCUT2D eigenvalue weighted by Crippen LogP contribution is 2.07. The van der Waals surface area contributed by atoms with Crippen molar-refractivity contribution in [2.45, 2.75) is 13.3 Å². The van der Waals surface area contributed by atoms with E-state index in [0.29, 0.717) is 32.8 Å². The molecule has 9 heteroatoms. The van der Waals surface area contributed by atoms with E-state index < -0.39 is 0 Å². The number of ether oxygens (including phenoxy) is 1. The highest BCUT2D eigenvalue weighted by atomic mass is 127. The first-order chi connectivity index (χ1) is 13.7. The van der Waals surface area contributed by atoms with Gasteiger partial charge in [0.25, 0.3) is 0 Å². The van der Waals surface area contributed by atoms with Crippen LogP contribution in [0.15, 0.2) is 23.5 Å². The summed E-state index contributed by atoms with van der Waals surface area (Å²) in [5.74, 6) is 1.15. The molecule has 0 radical (unpaired) electrons. The smallest absolute Gasteiger partial charge is 0.236 e. The van der Waals surface area contributed by atoms with Gasteiger partial charge < -0.3 is 19.9 Å². The van der Waals surface area contributed by atoms with E-state index in [1.54, 1.807) is 0 Å². The molecule has 29 heavy (non-hydrogen) atoms. The fourth-order valence-corrected chi connectivity index (χ4v) is 3.65. The van der Waals surface area contributed by atoms with Crippen molar-refractivity contribution < 1.29 is 9.53 Å². The monoisotopic (exact) mass is 516 g/mol. The Morgan fingerprint density at radius 2 is 1.90 bits per heavy atom. The minimum atomic E-state index is 0. The van der Waals surface area contributed by atoms with Crippen molar-refractivity contribution >= 4 is 35.8 Å². The zero-order chi connectivity index (χ0) is 19.8. The van der Waals surface area contributed by atoms with Crippen LogP contribution in [0.1, 0.15) is 11.1 Å². The van der Waals surface area contributed by atoms with E-state index in [1.165, 1.54) is 11.1 Å². The second-order valence-corrected chi connectivity index (χ2v) is 7.28. The Bertz CT molecular complexity index is 673. The number of rotatable bonds is 5. The van der Waals surface area contributed by atoms with Crippen molar-refractivity contribution in [3.05, 3.63) is 29.6 Å². The fraction of sp³-hybridized carbons (Fsp3) is 0.650. The number of piperazine rings is 1. The van der Waals surface area contributed by atoms with Crippen molar-refractivity contribution in [3.8, 4) is 0 Å². The highest BCUT2D eigenvalue weighted by Gasteiger charge is 2.24. The number of aliphatic imine (C=N–C) groups is 1. The SMILES string of the molecule is CN=C(NCCc1ccncc1C)N1CCN(CC(=O)N2CCOCC2)CC1.I. The second kappa shape index (κ2) is 12.3. The maximum Gasteiger partial charge on any atom is 0.236 e. The van der Waals surface area contributed by atoms with Crippen LogP contribution in [0.3, 0.4) is 0 Å². The molecular weight excluding hydrogens is 483 g/mol. The van der Waals surface area contributed by atoms with Crippen LogP contribution in [0.5, 0.6) is 0 Å². The van der Waals surface area contributed by atoms with Gasteiger partial charge in [0.1, 0.15) is 0 Å². The molecule has 3 rings (SSSR count). The number of hydrogen-bond donors (Lipinski definition) is 1. The van der Waals surface area contributed by atoms with Crippen LogP contribution in [-0.4, -0.2) is 104 Å². The Balaban J connectivity index is 0.00000300. The van der Waals surface area contributed by atoms with Crippen LogP contribution in [0, 0.1) is 6.92 Å². The summed E-state index contributed by atoms with van der Waals surface area (Å²) in [4.78, 5) is 27.4. The lowest BCUT2D eigenvalue weighted by molar-refractivity contribution is -0.136. The quantitative estimate of drug-likeness (QED) is 0.351. The minimum Gasteiger partial charge on any atom is -0.378 e. The molecule has 1 aromatic rings. The maximum atomic E-state index is 12.4. The van der Waals surface area contributed by atoms with E-state index in [4.69, 9.17) is 4.74 Å². The van der Waals surface area contributed by atoms with Gasteiger partial charge in [0.05, 0.1) is 19.8 Å². The number of carbonyl (C=O) groups is 1. The van der Waals surface area contributed by atoms with Gasteiger partial charge >= 0.3 is 0 Å². The predicted molar refractivity (Wildman–Crippen MR) is 125 cm³/mol. The van der Waals surface area contributed by atoms with E-state index in [2.05, 4.69) is 38.1 Å². The lowest BCUT2D eigenvalue weighted by atomic mass is 10.1. The van der Waals surface area contributed by atoms with E-state index in [1.807, 2.05) is 24.3 Å². The second-order valence-electron chi connectivity index (χ2n) is 7.28. The number of morpholine rings is 1. The van der Waals surface area contributed by atoms with Gasteiger partial charge in [-0.25, -0.2) is 0 Å². The molecule has 0 unspecified atom stereocenters. The normalized spacial score (nSPS) is 18.3. The number of nitrogens with zero attached hydrogens (tertiary/aromatic N) is 5. The Labute approximate surface area is 190 Å². The topological polar surface area (TPSA) is 73.3 Å². The van der Waals surface area contributed by atoms with Crippen molar-refractivity contribution in [1.29, 1.82) is 0 Å². The number of nitrogens with one attached hydrogen (secondary N) is 1. The van der Waals surface area contributed by atoms with Crippen molar-refractivity contribution in [2.24, 2.45) is 4.99 Å². The molecule has 0 aliphatic carbocycles. The molecule has 2 aliphatic rings. The van der Waals surface area contributed by atoms with Gasteiger partial charge in [0.2, 0.25) is 5.91 Å². The highest BCUT2D eigenvalue weighted by molar-refractivity contribution is 14.0. The summed E-state index contributed by atoms with van der Waals surface area (Å²) in [7, 11) is 1.83. The first-order valence-corrected chi connectivity index (χ1v) is 10.1. The average molecular weight is 516 g/mol. The van der Waals surface area contributed by atoms with E-state index >= 15 is 0 Å². The largest absolute Gasteiger partial charge is 0.378 e. The average Bonchev–Trinajstić information content (AvgIpc) is 2.74. The Morgan fingerprint density at radius 3 is 2.55 bits per heavy atom. The molecule has 0 bridgehead atoms. The zero-order valence-corrected chi connectivity index (χ0v) is 19.8. The third kappa shape index (κ3) is 7.07. The molecule has 8 nitrogen and oxygen atoms in total. The molecular formula is C20H33IN6O2. The molecule has 0 saturated carbocycles. The third-order valence-corrected chi connectivity index (χ3v) is 5.42. The number of guanidine groups is 1. The van der Waals surface area contributed by atoms with E-state index in [0.717, 1.165) is 45.1 Å². The number of carbonyl (C=O) groups excluding carboxylic acids is 1. The lowest BCUT2D eigenvalue weighted by Crippen LogP contribution is -2.55.